The predicted molar refractivity (Wildman–Crippen MR) is 82.4 cm³/mol. The van der Waals surface area contributed by atoms with E-state index in [1.165, 1.54) is 11.3 Å². The first kappa shape index (κ1) is 15.1. The van der Waals surface area contributed by atoms with Gasteiger partial charge < -0.3 is 4.90 Å². The highest BCUT2D eigenvalue weighted by Gasteiger charge is 2.15. The smallest absolute Gasteiger partial charge is 0.119 e. The van der Waals surface area contributed by atoms with Crippen molar-refractivity contribution < 1.29 is 0 Å². The minimum absolute atomic E-state index is 0.523. The maximum absolute atomic E-state index is 6.10. The summed E-state index contributed by atoms with van der Waals surface area (Å²) in [5, 5.41) is 1.07. The molecule has 0 heterocycles. The normalized spacial score (nSPS) is 11.3. The summed E-state index contributed by atoms with van der Waals surface area (Å²) >= 11 is 12.2. The van der Waals surface area contributed by atoms with Crippen LogP contribution in [0.1, 0.15) is 39.2 Å². The van der Waals surface area contributed by atoms with E-state index >= 15 is 0 Å². The fraction of sp³-hybridized carbons (Fsp3) is 0.538. The third-order valence-electron chi connectivity index (χ3n) is 2.95. The van der Waals surface area contributed by atoms with Gasteiger partial charge in [0.1, 0.15) is 6.63 Å². The van der Waals surface area contributed by atoms with Crippen LogP contribution in [-0.4, -0.2) is 13.1 Å². The summed E-state index contributed by atoms with van der Waals surface area (Å²) in [7, 11) is 0. The topological polar surface area (TPSA) is 3.24 Å². The molecule has 0 atom stereocenters. The van der Waals surface area contributed by atoms with E-state index in [0.29, 0.717) is 5.92 Å². The zero-order valence-electron chi connectivity index (χ0n) is 10.9. The number of hydrogen-bond donors (Lipinski definition) is 0. The van der Waals surface area contributed by atoms with Gasteiger partial charge in [0.05, 0.1) is 0 Å². The average Bonchev–Trinajstić information content (AvgIpc) is 2.30. The molecule has 0 aliphatic carbocycles. The lowest BCUT2D eigenvalue weighted by Gasteiger charge is -2.25. The van der Waals surface area contributed by atoms with Crippen molar-refractivity contribution in [2.75, 3.05) is 18.0 Å². The van der Waals surface area contributed by atoms with Crippen molar-refractivity contribution in [3.8, 4) is 0 Å². The summed E-state index contributed by atoms with van der Waals surface area (Å²) in [6.45, 7) is 9.56. The van der Waals surface area contributed by atoms with Crippen molar-refractivity contribution >= 4 is 40.1 Å². The molecule has 0 aliphatic heterocycles. The van der Waals surface area contributed by atoms with Gasteiger partial charge >= 0.3 is 0 Å². The lowest BCUT2D eigenvalue weighted by Crippen LogP contribution is -2.26. The Morgan fingerprint density at radius 3 is 2.18 bits per heavy atom. The number of halogens is 2. The lowest BCUT2D eigenvalue weighted by atomic mass is 10.0. The van der Waals surface area contributed by atoms with Gasteiger partial charge in [0.2, 0.25) is 0 Å². The van der Waals surface area contributed by atoms with Crippen molar-refractivity contribution in [1.29, 1.82) is 0 Å². The Morgan fingerprint density at radius 2 is 1.76 bits per heavy atom. The highest BCUT2D eigenvalue weighted by molar-refractivity contribution is 8.09. The standard InChI is InChI=1S/C13H20Cl2NP/c1-5-16(6-2)12-9-11(10(3)4)7-8-13(12)17(14)15/h7-10H,5-6H2,1-4H3. The molecule has 17 heavy (non-hydrogen) atoms. The van der Waals surface area contributed by atoms with Gasteiger partial charge in [-0.25, -0.2) is 0 Å². The third-order valence-corrected chi connectivity index (χ3v) is 4.79. The zero-order chi connectivity index (χ0) is 13.0. The SMILES string of the molecule is CCN(CC)c1cc(C(C)C)ccc1P(Cl)Cl. The van der Waals surface area contributed by atoms with E-state index in [2.05, 4.69) is 50.8 Å². The molecule has 1 nitrogen and oxygen atoms in total. The molecule has 1 aromatic carbocycles. The predicted octanol–water partition coefficient (Wildman–Crippen LogP) is 5.07. The van der Waals surface area contributed by atoms with E-state index in [0.717, 1.165) is 18.4 Å². The minimum Gasteiger partial charge on any atom is -0.372 e. The van der Waals surface area contributed by atoms with Gasteiger partial charge in [-0.15, -0.1) is 0 Å². The maximum Gasteiger partial charge on any atom is 0.119 e. The van der Waals surface area contributed by atoms with Gasteiger partial charge in [0, 0.05) is 24.1 Å². The van der Waals surface area contributed by atoms with Crippen LogP contribution >= 0.6 is 29.1 Å². The second kappa shape index (κ2) is 6.83. The van der Waals surface area contributed by atoms with E-state index in [9.17, 15) is 0 Å². The summed E-state index contributed by atoms with van der Waals surface area (Å²) in [5.74, 6) is 0.523. The number of hydrogen-bond acceptors (Lipinski definition) is 1. The molecule has 0 fully saturated rings. The Bertz CT molecular complexity index is 362. The van der Waals surface area contributed by atoms with Gasteiger partial charge in [0.25, 0.3) is 0 Å². The van der Waals surface area contributed by atoms with Gasteiger partial charge in [-0.3, -0.25) is 0 Å². The van der Waals surface area contributed by atoms with E-state index in [1.54, 1.807) is 0 Å². The Morgan fingerprint density at radius 1 is 1.18 bits per heavy atom. The van der Waals surface area contributed by atoms with E-state index in [1.807, 2.05) is 0 Å². The van der Waals surface area contributed by atoms with Crippen LogP contribution < -0.4 is 10.2 Å². The quantitative estimate of drug-likeness (QED) is 0.685. The molecule has 0 radical (unpaired) electrons. The molecule has 0 unspecified atom stereocenters. The van der Waals surface area contributed by atoms with Crippen LogP contribution in [-0.2, 0) is 0 Å². The van der Waals surface area contributed by atoms with Crippen molar-refractivity contribution in [3.05, 3.63) is 23.8 Å². The molecule has 1 rings (SSSR count). The van der Waals surface area contributed by atoms with E-state index in [4.69, 9.17) is 22.5 Å². The summed E-state index contributed by atoms with van der Waals surface area (Å²) < 4.78 is 0. The number of benzene rings is 1. The molecule has 0 spiro atoms. The molecule has 4 heteroatoms. The second-order valence-corrected chi connectivity index (χ2v) is 7.80. The molecule has 1 aromatic rings. The summed E-state index contributed by atoms with van der Waals surface area (Å²) in [6.07, 6.45) is 0. The summed E-state index contributed by atoms with van der Waals surface area (Å²) in [4.78, 5) is 2.31. The minimum atomic E-state index is -1.09. The highest BCUT2D eigenvalue weighted by Crippen LogP contribution is 2.48. The van der Waals surface area contributed by atoms with Gasteiger partial charge in [-0.2, -0.15) is 0 Å². The van der Waals surface area contributed by atoms with Crippen LogP contribution in [0.5, 0.6) is 0 Å². The van der Waals surface area contributed by atoms with Gasteiger partial charge in [0.15, 0.2) is 0 Å². The molecular weight excluding hydrogens is 272 g/mol. The van der Waals surface area contributed by atoms with E-state index in [-0.39, 0.29) is 0 Å². The molecule has 0 amide bonds. The second-order valence-electron chi connectivity index (χ2n) is 4.31. The molecule has 0 bridgehead atoms. The first-order valence-corrected chi connectivity index (χ1v) is 9.17. The van der Waals surface area contributed by atoms with Gasteiger partial charge in [-0.1, -0.05) is 42.4 Å². The van der Waals surface area contributed by atoms with Crippen LogP contribution in [0.15, 0.2) is 18.2 Å². The van der Waals surface area contributed by atoms with Crippen LogP contribution in [0.25, 0.3) is 0 Å². The molecular formula is C13H20Cl2NP. The third kappa shape index (κ3) is 3.74. The first-order valence-electron chi connectivity index (χ1n) is 6.01. The number of anilines is 1. The first-order chi connectivity index (χ1) is 8.01. The van der Waals surface area contributed by atoms with E-state index < -0.39 is 6.63 Å². The fourth-order valence-corrected chi connectivity index (χ4v) is 3.28. The van der Waals surface area contributed by atoms with Crippen LogP contribution in [0.4, 0.5) is 5.69 Å². The average molecular weight is 292 g/mol. The molecule has 0 aromatic heterocycles. The Balaban J connectivity index is 3.24. The molecule has 0 N–H and O–H groups in total. The Hall–Kier alpha value is 0.0300. The molecule has 0 saturated carbocycles. The maximum atomic E-state index is 6.10. The van der Waals surface area contributed by atoms with Crippen LogP contribution in [0.3, 0.4) is 0 Å². The zero-order valence-corrected chi connectivity index (χ0v) is 13.3. The number of rotatable bonds is 5. The van der Waals surface area contributed by atoms with Crippen LogP contribution in [0, 0.1) is 0 Å². The Kier molecular flexibility index (Phi) is 6.06. The summed E-state index contributed by atoms with van der Waals surface area (Å²) in [6, 6.07) is 6.44. The summed E-state index contributed by atoms with van der Waals surface area (Å²) in [5.41, 5.74) is 2.53. The van der Waals surface area contributed by atoms with Crippen molar-refractivity contribution in [2.24, 2.45) is 0 Å². The lowest BCUT2D eigenvalue weighted by molar-refractivity contribution is 0.847. The molecule has 0 aliphatic rings. The van der Waals surface area contributed by atoms with Crippen LogP contribution in [0.2, 0.25) is 0 Å². The molecule has 0 saturated heterocycles. The highest BCUT2D eigenvalue weighted by atomic mass is 35.9. The fourth-order valence-electron chi connectivity index (χ4n) is 1.86. The van der Waals surface area contributed by atoms with Crippen molar-refractivity contribution in [1.82, 2.24) is 0 Å². The monoisotopic (exact) mass is 291 g/mol. The van der Waals surface area contributed by atoms with Crippen molar-refractivity contribution in [3.63, 3.8) is 0 Å². The number of nitrogens with zero attached hydrogens (tertiary/aromatic N) is 1. The van der Waals surface area contributed by atoms with Gasteiger partial charge in [-0.05, 0) is 37.5 Å². The Labute approximate surface area is 115 Å². The molecule has 96 valence electrons. The van der Waals surface area contributed by atoms with Crippen molar-refractivity contribution in [2.45, 2.75) is 33.6 Å². The largest absolute Gasteiger partial charge is 0.372 e.